The Kier molecular flexibility index (Phi) is 5.11. The van der Waals surface area contributed by atoms with Crippen LogP contribution in [0.3, 0.4) is 0 Å². The lowest BCUT2D eigenvalue weighted by Crippen LogP contribution is -2.26. The first-order chi connectivity index (χ1) is 11.2. The third-order valence-corrected chi connectivity index (χ3v) is 4.83. The predicted octanol–water partition coefficient (Wildman–Crippen LogP) is 4.02. The Morgan fingerprint density at radius 2 is 2.04 bits per heavy atom. The van der Waals surface area contributed by atoms with E-state index < -0.39 is 0 Å². The largest absolute Gasteiger partial charge is 0.350 e. The van der Waals surface area contributed by atoms with E-state index in [1.165, 1.54) is 25.7 Å². The van der Waals surface area contributed by atoms with Crippen LogP contribution in [0.1, 0.15) is 57.1 Å². The molecule has 3 rings (SSSR count). The minimum atomic E-state index is 0.0444. The summed E-state index contributed by atoms with van der Waals surface area (Å²) in [6, 6.07) is 8.29. The van der Waals surface area contributed by atoms with Crippen LogP contribution in [-0.4, -0.2) is 15.5 Å². The van der Waals surface area contributed by atoms with Gasteiger partial charge < -0.3 is 9.88 Å². The lowest BCUT2D eigenvalue weighted by atomic mass is 10.0. The van der Waals surface area contributed by atoms with Crippen molar-refractivity contribution < 1.29 is 4.79 Å². The van der Waals surface area contributed by atoms with Crippen molar-refractivity contribution in [1.82, 2.24) is 14.9 Å². The van der Waals surface area contributed by atoms with Gasteiger partial charge in [-0.15, -0.1) is 0 Å². The minimum Gasteiger partial charge on any atom is -0.350 e. The highest BCUT2D eigenvalue weighted by Crippen LogP contribution is 2.28. The summed E-state index contributed by atoms with van der Waals surface area (Å²) in [5, 5.41) is 3.12. The van der Waals surface area contributed by atoms with Crippen LogP contribution in [0.2, 0.25) is 0 Å². The van der Waals surface area contributed by atoms with Crippen molar-refractivity contribution in [2.45, 2.75) is 51.5 Å². The fourth-order valence-corrected chi connectivity index (χ4v) is 3.38. The van der Waals surface area contributed by atoms with Gasteiger partial charge in [0.25, 0.3) is 0 Å². The number of rotatable bonds is 6. The van der Waals surface area contributed by atoms with Crippen molar-refractivity contribution >= 4 is 5.91 Å². The minimum absolute atomic E-state index is 0.0444. The molecule has 23 heavy (non-hydrogen) atoms. The highest BCUT2D eigenvalue weighted by molar-refractivity contribution is 5.76. The van der Waals surface area contributed by atoms with Gasteiger partial charge in [0.05, 0.1) is 12.4 Å². The number of carbonyl (C=O) groups excluding carboxylic acids is 1. The van der Waals surface area contributed by atoms with Crippen LogP contribution in [0.4, 0.5) is 0 Å². The van der Waals surface area contributed by atoms with Crippen LogP contribution in [0.5, 0.6) is 0 Å². The Morgan fingerprint density at radius 1 is 1.30 bits per heavy atom. The fraction of sp³-hybridized carbons (Fsp3) is 0.474. The maximum atomic E-state index is 12.1. The first kappa shape index (κ1) is 15.8. The van der Waals surface area contributed by atoms with Gasteiger partial charge in [-0.1, -0.05) is 37.8 Å². The molecule has 1 aliphatic rings. The average molecular weight is 311 g/mol. The van der Waals surface area contributed by atoms with Crippen molar-refractivity contribution in [1.29, 1.82) is 0 Å². The van der Waals surface area contributed by atoms with Gasteiger partial charge in [-0.05, 0) is 37.0 Å². The number of hydrogen-bond donors (Lipinski definition) is 1. The Labute approximate surface area is 137 Å². The highest BCUT2D eigenvalue weighted by atomic mass is 16.1. The zero-order valence-corrected chi connectivity index (χ0v) is 13.7. The lowest BCUT2D eigenvalue weighted by molar-refractivity contribution is -0.122. The first-order valence-electron chi connectivity index (χ1n) is 8.60. The SMILES string of the molecule is C[C@H](NC(=O)CCC1CCCC1)c1ccc(-n2ccnc2)cc1. The zero-order valence-electron chi connectivity index (χ0n) is 13.7. The van der Waals surface area contributed by atoms with E-state index in [1.807, 2.05) is 17.7 Å². The van der Waals surface area contributed by atoms with Crippen LogP contribution >= 0.6 is 0 Å². The van der Waals surface area contributed by atoms with Crippen molar-refractivity contribution in [2.75, 3.05) is 0 Å². The molecule has 1 aromatic carbocycles. The molecule has 0 saturated heterocycles. The molecular weight excluding hydrogens is 286 g/mol. The van der Waals surface area contributed by atoms with Crippen LogP contribution in [0, 0.1) is 5.92 Å². The quantitative estimate of drug-likeness (QED) is 0.876. The van der Waals surface area contributed by atoms with E-state index in [0.717, 1.165) is 23.6 Å². The molecule has 1 fully saturated rings. The van der Waals surface area contributed by atoms with Crippen molar-refractivity contribution in [2.24, 2.45) is 5.92 Å². The standard InChI is InChI=1S/C19H25N3O/c1-15(21-19(23)11-6-16-4-2-3-5-16)17-7-9-18(10-8-17)22-13-12-20-14-22/h7-10,12-16H,2-6,11H2,1H3,(H,21,23)/t15-/m0/s1. The van der Waals surface area contributed by atoms with E-state index in [9.17, 15) is 4.79 Å². The van der Waals surface area contributed by atoms with Crippen LogP contribution < -0.4 is 5.32 Å². The Morgan fingerprint density at radius 3 is 2.70 bits per heavy atom. The number of nitrogens with one attached hydrogen (secondary N) is 1. The van der Waals surface area contributed by atoms with E-state index in [-0.39, 0.29) is 11.9 Å². The molecular formula is C19H25N3O. The molecule has 2 aromatic rings. The average Bonchev–Trinajstić information content (AvgIpc) is 3.26. The maximum absolute atomic E-state index is 12.1. The van der Waals surface area contributed by atoms with Crippen LogP contribution in [0.15, 0.2) is 43.0 Å². The molecule has 0 bridgehead atoms. The number of amides is 1. The number of carbonyl (C=O) groups is 1. The molecule has 0 unspecified atom stereocenters. The molecule has 4 heteroatoms. The van der Waals surface area contributed by atoms with E-state index >= 15 is 0 Å². The number of hydrogen-bond acceptors (Lipinski definition) is 2. The first-order valence-corrected chi connectivity index (χ1v) is 8.60. The van der Waals surface area contributed by atoms with E-state index in [0.29, 0.717) is 6.42 Å². The molecule has 1 aliphatic carbocycles. The second kappa shape index (κ2) is 7.44. The van der Waals surface area contributed by atoms with Gasteiger partial charge in [-0.3, -0.25) is 4.79 Å². The second-order valence-corrected chi connectivity index (χ2v) is 6.54. The molecule has 1 amide bonds. The number of aromatic nitrogens is 2. The Hall–Kier alpha value is -2.10. The summed E-state index contributed by atoms with van der Waals surface area (Å²) < 4.78 is 1.97. The van der Waals surface area contributed by atoms with E-state index in [2.05, 4.69) is 34.6 Å². The third kappa shape index (κ3) is 4.21. The zero-order chi connectivity index (χ0) is 16.1. The lowest BCUT2D eigenvalue weighted by Gasteiger charge is -2.16. The van der Waals surface area contributed by atoms with Gasteiger partial charge in [0.15, 0.2) is 0 Å². The van der Waals surface area contributed by atoms with Gasteiger partial charge in [-0.2, -0.15) is 0 Å². The van der Waals surface area contributed by atoms with Gasteiger partial charge in [0, 0.05) is 24.5 Å². The van der Waals surface area contributed by atoms with Crippen molar-refractivity contribution in [3.8, 4) is 5.69 Å². The molecule has 0 aliphatic heterocycles. The van der Waals surface area contributed by atoms with Crippen molar-refractivity contribution in [3.05, 3.63) is 48.5 Å². The van der Waals surface area contributed by atoms with Gasteiger partial charge in [0.1, 0.15) is 0 Å². The van der Waals surface area contributed by atoms with Crippen LogP contribution in [-0.2, 0) is 4.79 Å². The summed E-state index contributed by atoms with van der Waals surface area (Å²) in [4.78, 5) is 16.2. The summed E-state index contributed by atoms with van der Waals surface area (Å²) in [6.45, 7) is 2.04. The molecule has 122 valence electrons. The van der Waals surface area contributed by atoms with E-state index in [4.69, 9.17) is 0 Å². The van der Waals surface area contributed by atoms with Crippen molar-refractivity contribution in [3.63, 3.8) is 0 Å². The molecule has 1 saturated carbocycles. The molecule has 0 radical (unpaired) electrons. The summed E-state index contributed by atoms with van der Waals surface area (Å²) in [5.41, 5.74) is 2.20. The normalized spacial score (nSPS) is 16.4. The molecule has 1 atom stereocenters. The van der Waals surface area contributed by atoms with E-state index in [1.54, 1.807) is 12.5 Å². The van der Waals surface area contributed by atoms with Gasteiger partial charge in [0.2, 0.25) is 5.91 Å². The monoisotopic (exact) mass is 311 g/mol. The summed E-state index contributed by atoms with van der Waals surface area (Å²) >= 11 is 0. The summed E-state index contributed by atoms with van der Waals surface area (Å²) in [7, 11) is 0. The second-order valence-electron chi connectivity index (χ2n) is 6.54. The third-order valence-electron chi connectivity index (χ3n) is 4.83. The van der Waals surface area contributed by atoms with Crippen LogP contribution in [0.25, 0.3) is 5.69 Å². The summed E-state index contributed by atoms with van der Waals surface area (Å²) in [6.07, 6.45) is 12.4. The predicted molar refractivity (Wildman–Crippen MR) is 91.3 cm³/mol. The summed E-state index contributed by atoms with van der Waals surface area (Å²) in [5.74, 6) is 0.939. The van der Waals surface area contributed by atoms with Gasteiger partial charge >= 0.3 is 0 Å². The molecule has 1 aromatic heterocycles. The maximum Gasteiger partial charge on any atom is 0.220 e. The molecule has 1 heterocycles. The fourth-order valence-electron chi connectivity index (χ4n) is 3.38. The number of benzene rings is 1. The molecule has 1 N–H and O–H groups in total. The molecule has 0 spiro atoms. The van der Waals surface area contributed by atoms with Gasteiger partial charge in [-0.25, -0.2) is 4.98 Å². The number of nitrogens with zero attached hydrogens (tertiary/aromatic N) is 2. The highest BCUT2D eigenvalue weighted by Gasteiger charge is 2.17. The Balaban J connectivity index is 1.51. The number of imidazole rings is 1. The molecule has 4 nitrogen and oxygen atoms in total. The topological polar surface area (TPSA) is 46.9 Å². The smallest absolute Gasteiger partial charge is 0.220 e. The Bertz CT molecular complexity index is 613.